The topological polar surface area (TPSA) is 75.2 Å². The molecule has 17 heavy (non-hydrogen) atoms. The van der Waals surface area contributed by atoms with E-state index in [2.05, 4.69) is 9.88 Å². The predicted molar refractivity (Wildman–Crippen MR) is 67.5 cm³/mol. The average molecular weight is 234 g/mol. The number of methoxy groups -OCH3 is 1. The first kappa shape index (κ1) is 11.9. The van der Waals surface area contributed by atoms with Crippen molar-refractivity contribution in [3.63, 3.8) is 0 Å². The van der Waals surface area contributed by atoms with E-state index in [0.717, 1.165) is 31.6 Å². The Morgan fingerprint density at radius 1 is 1.47 bits per heavy atom. The number of hydrogen-bond donors (Lipinski definition) is 2. The van der Waals surface area contributed by atoms with Crippen molar-refractivity contribution in [1.82, 2.24) is 4.98 Å². The smallest absolute Gasteiger partial charge is 0.141 e. The van der Waals surface area contributed by atoms with Gasteiger partial charge in [-0.15, -0.1) is 0 Å². The quantitative estimate of drug-likeness (QED) is 0.604. The zero-order valence-corrected chi connectivity index (χ0v) is 10.0. The Balaban J connectivity index is 2.01. The lowest BCUT2D eigenvalue weighted by Gasteiger charge is -2.32. The van der Waals surface area contributed by atoms with Gasteiger partial charge in [-0.25, -0.2) is 0 Å². The second-order valence-corrected chi connectivity index (χ2v) is 4.24. The summed E-state index contributed by atoms with van der Waals surface area (Å²) < 4.78 is 5.34. The fraction of sp³-hybridized carbons (Fsp3) is 0.500. The Morgan fingerprint density at radius 3 is 2.65 bits per heavy atom. The third-order valence-corrected chi connectivity index (χ3v) is 3.16. The van der Waals surface area contributed by atoms with Gasteiger partial charge in [0.15, 0.2) is 0 Å². The first-order valence-corrected chi connectivity index (χ1v) is 5.79. The van der Waals surface area contributed by atoms with Gasteiger partial charge in [0.25, 0.3) is 0 Å². The lowest BCUT2D eigenvalue weighted by Crippen LogP contribution is -2.36. The zero-order chi connectivity index (χ0) is 12.3. The van der Waals surface area contributed by atoms with Gasteiger partial charge in [0.2, 0.25) is 0 Å². The highest BCUT2D eigenvalue weighted by Crippen LogP contribution is 2.20. The number of nitrogens with two attached hydrogens (primary N) is 1. The second kappa shape index (κ2) is 5.14. The van der Waals surface area contributed by atoms with Crippen LogP contribution in [0.5, 0.6) is 0 Å². The number of anilines is 1. The number of nitrogens with one attached hydrogen (secondary N) is 1. The molecule has 0 radical (unpaired) electrons. The number of piperidine rings is 1. The molecule has 0 aromatic carbocycles. The van der Waals surface area contributed by atoms with Crippen LogP contribution in [0.3, 0.4) is 0 Å². The van der Waals surface area contributed by atoms with E-state index in [0.29, 0.717) is 11.8 Å². The van der Waals surface area contributed by atoms with Crippen LogP contribution in [0.15, 0.2) is 18.3 Å². The molecule has 0 spiro atoms. The Labute approximate surface area is 101 Å². The van der Waals surface area contributed by atoms with Crippen molar-refractivity contribution in [2.24, 2.45) is 5.73 Å². The highest BCUT2D eigenvalue weighted by Gasteiger charge is 2.18. The number of nitrogen functional groups attached to an aromatic ring is 1. The summed E-state index contributed by atoms with van der Waals surface area (Å²) in [5.41, 5.74) is 6.98. The Bertz CT molecular complexity index is 382. The van der Waals surface area contributed by atoms with Gasteiger partial charge in [0, 0.05) is 20.2 Å². The molecule has 1 aliphatic heterocycles. The van der Waals surface area contributed by atoms with Crippen molar-refractivity contribution in [3.05, 3.63) is 24.0 Å². The molecular weight excluding hydrogens is 216 g/mol. The van der Waals surface area contributed by atoms with Gasteiger partial charge in [-0.1, -0.05) is 0 Å². The molecule has 1 aromatic rings. The van der Waals surface area contributed by atoms with Crippen LogP contribution < -0.4 is 10.6 Å². The summed E-state index contributed by atoms with van der Waals surface area (Å²) in [5.74, 6) is 0.00893. The molecule has 1 saturated heterocycles. The van der Waals surface area contributed by atoms with Crippen LogP contribution in [0.1, 0.15) is 18.5 Å². The van der Waals surface area contributed by atoms with Crippen LogP contribution in [0.4, 0.5) is 5.69 Å². The van der Waals surface area contributed by atoms with E-state index in [1.807, 2.05) is 6.07 Å². The molecular formula is C12H18N4O. The van der Waals surface area contributed by atoms with E-state index in [4.69, 9.17) is 15.9 Å². The average Bonchev–Trinajstić information content (AvgIpc) is 2.39. The molecule has 0 aliphatic carbocycles. The molecule has 0 atom stereocenters. The first-order chi connectivity index (χ1) is 8.20. The molecule has 5 heteroatoms. The molecule has 5 nitrogen and oxygen atoms in total. The highest BCUT2D eigenvalue weighted by molar-refractivity contribution is 5.93. The summed E-state index contributed by atoms with van der Waals surface area (Å²) in [6.45, 7) is 1.97. The van der Waals surface area contributed by atoms with E-state index < -0.39 is 0 Å². The number of pyridine rings is 1. The largest absolute Gasteiger partial charge is 0.382 e. The van der Waals surface area contributed by atoms with Crippen LogP contribution in [0.25, 0.3) is 0 Å². The van der Waals surface area contributed by atoms with E-state index in [-0.39, 0.29) is 5.84 Å². The maximum atomic E-state index is 7.29. The molecule has 2 rings (SSSR count). The summed E-state index contributed by atoms with van der Waals surface area (Å²) in [4.78, 5) is 6.45. The minimum atomic E-state index is 0.00893. The molecule has 3 N–H and O–H groups in total. The van der Waals surface area contributed by atoms with Crippen LogP contribution >= 0.6 is 0 Å². The van der Waals surface area contributed by atoms with E-state index in [9.17, 15) is 0 Å². The number of ether oxygens (including phenoxy) is 1. The highest BCUT2D eigenvalue weighted by atomic mass is 16.5. The fourth-order valence-electron chi connectivity index (χ4n) is 2.08. The maximum absolute atomic E-state index is 7.29. The third kappa shape index (κ3) is 2.74. The van der Waals surface area contributed by atoms with Gasteiger partial charge in [-0.3, -0.25) is 10.4 Å². The summed E-state index contributed by atoms with van der Waals surface area (Å²) in [6, 6.07) is 3.76. The number of hydrogen-bond acceptors (Lipinski definition) is 4. The molecule has 2 heterocycles. The van der Waals surface area contributed by atoms with Crippen LogP contribution in [-0.2, 0) is 4.74 Å². The normalized spacial score (nSPS) is 17.1. The van der Waals surface area contributed by atoms with Gasteiger partial charge >= 0.3 is 0 Å². The van der Waals surface area contributed by atoms with Crippen LogP contribution in [0.2, 0.25) is 0 Å². The summed E-state index contributed by atoms with van der Waals surface area (Å²) >= 11 is 0. The third-order valence-electron chi connectivity index (χ3n) is 3.16. The zero-order valence-electron chi connectivity index (χ0n) is 10.0. The maximum Gasteiger partial charge on any atom is 0.141 e. The standard InChI is InChI=1S/C12H18N4O/c1-17-10-4-6-16(7-5-10)9-2-3-11(12(13)14)15-8-9/h2-3,8,10H,4-7H2,1H3,(H3,13,14). The lowest BCUT2D eigenvalue weighted by molar-refractivity contribution is 0.0819. The lowest BCUT2D eigenvalue weighted by atomic mass is 10.1. The monoisotopic (exact) mass is 234 g/mol. The molecule has 1 aliphatic rings. The predicted octanol–water partition coefficient (Wildman–Crippen LogP) is 0.981. The number of nitrogens with zero attached hydrogens (tertiary/aromatic N) is 2. The van der Waals surface area contributed by atoms with Crippen molar-refractivity contribution in [3.8, 4) is 0 Å². The van der Waals surface area contributed by atoms with Crippen molar-refractivity contribution in [2.45, 2.75) is 18.9 Å². The summed E-state index contributed by atoms with van der Waals surface area (Å²) in [7, 11) is 1.77. The number of aromatic nitrogens is 1. The van der Waals surface area contributed by atoms with Crippen LogP contribution in [0, 0.1) is 5.41 Å². The van der Waals surface area contributed by atoms with E-state index >= 15 is 0 Å². The molecule has 1 aromatic heterocycles. The van der Waals surface area contributed by atoms with Gasteiger partial charge in [0.1, 0.15) is 11.5 Å². The first-order valence-electron chi connectivity index (χ1n) is 5.79. The van der Waals surface area contributed by atoms with E-state index in [1.54, 1.807) is 19.4 Å². The van der Waals surface area contributed by atoms with Gasteiger partial charge in [0.05, 0.1) is 18.0 Å². The Hall–Kier alpha value is -1.62. The SMILES string of the molecule is COC1CCN(c2ccc(C(=N)N)nc2)CC1. The van der Waals surface area contributed by atoms with Crippen molar-refractivity contribution < 1.29 is 4.74 Å². The van der Waals surface area contributed by atoms with E-state index in [1.165, 1.54) is 0 Å². The van der Waals surface area contributed by atoms with Crippen molar-refractivity contribution in [1.29, 1.82) is 5.41 Å². The minimum Gasteiger partial charge on any atom is -0.382 e. The molecule has 1 fully saturated rings. The van der Waals surface area contributed by atoms with Gasteiger partial charge < -0.3 is 15.4 Å². The molecule has 0 bridgehead atoms. The summed E-state index contributed by atoms with van der Waals surface area (Å²) in [6.07, 6.45) is 4.26. The Morgan fingerprint density at radius 2 is 2.18 bits per heavy atom. The van der Waals surface area contributed by atoms with Gasteiger partial charge in [-0.2, -0.15) is 0 Å². The molecule has 0 saturated carbocycles. The summed E-state index contributed by atoms with van der Waals surface area (Å²) in [5, 5.41) is 7.29. The van der Waals surface area contributed by atoms with Crippen molar-refractivity contribution >= 4 is 11.5 Å². The van der Waals surface area contributed by atoms with Crippen molar-refractivity contribution in [2.75, 3.05) is 25.1 Å². The molecule has 92 valence electrons. The molecule has 0 amide bonds. The fourth-order valence-corrected chi connectivity index (χ4v) is 2.08. The number of amidine groups is 1. The number of rotatable bonds is 3. The Kier molecular flexibility index (Phi) is 3.58. The second-order valence-electron chi connectivity index (χ2n) is 4.24. The minimum absolute atomic E-state index is 0.00893. The van der Waals surface area contributed by atoms with Crippen LogP contribution in [-0.4, -0.2) is 37.1 Å². The molecule has 0 unspecified atom stereocenters. The van der Waals surface area contributed by atoms with Gasteiger partial charge in [-0.05, 0) is 25.0 Å².